The van der Waals surface area contributed by atoms with Crippen LogP contribution in [0.3, 0.4) is 0 Å². The van der Waals surface area contributed by atoms with Crippen LogP contribution in [-0.2, 0) is 6.54 Å². The van der Waals surface area contributed by atoms with E-state index < -0.39 is 0 Å². The average molecular weight is 222 g/mol. The predicted octanol–water partition coefficient (Wildman–Crippen LogP) is 3.87. The molecule has 1 atom stereocenters. The molecule has 0 aliphatic rings. The summed E-state index contributed by atoms with van der Waals surface area (Å²) in [6.07, 6.45) is 10.2. The van der Waals surface area contributed by atoms with E-state index in [-0.39, 0.29) is 6.04 Å². The van der Waals surface area contributed by atoms with Crippen molar-refractivity contribution in [3.8, 4) is 0 Å². The lowest BCUT2D eigenvalue weighted by molar-refractivity contribution is 0.540. The number of hydrogen-bond donors (Lipinski definition) is 1. The first-order valence-corrected chi connectivity index (χ1v) is 6.66. The van der Waals surface area contributed by atoms with Crippen molar-refractivity contribution in [1.82, 2.24) is 4.57 Å². The third kappa shape index (κ3) is 4.40. The van der Waals surface area contributed by atoms with Crippen LogP contribution in [0.15, 0.2) is 18.3 Å². The maximum absolute atomic E-state index is 5.91. The fourth-order valence-corrected chi connectivity index (χ4v) is 2.11. The molecule has 0 spiro atoms. The number of aryl methyl sites for hydroxylation is 1. The smallest absolute Gasteiger partial charge is 0.0421 e. The van der Waals surface area contributed by atoms with Crippen LogP contribution in [-0.4, -0.2) is 4.57 Å². The van der Waals surface area contributed by atoms with Gasteiger partial charge in [0.05, 0.1) is 0 Å². The van der Waals surface area contributed by atoms with Gasteiger partial charge < -0.3 is 10.3 Å². The van der Waals surface area contributed by atoms with Crippen molar-refractivity contribution in [3.63, 3.8) is 0 Å². The molecule has 0 saturated carbocycles. The molecular weight excluding hydrogens is 196 g/mol. The van der Waals surface area contributed by atoms with Gasteiger partial charge in [-0.05, 0) is 25.5 Å². The molecule has 1 unspecified atom stereocenters. The van der Waals surface area contributed by atoms with Crippen LogP contribution in [0.4, 0.5) is 0 Å². The lowest BCUT2D eigenvalue weighted by Gasteiger charge is -2.11. The molecule has 2 heteroatoms. The molecule has 0 aliphatic carbocycles. The van der Waals surface area contributed by atoms with Gasteiger partial charge >= 0.3 is 0 Å². The molecule has 0 saturated heterocycles. The van der Waals surface area contributed by atoms with E-state index in [2.05, 4.69) is 29.8 Å². The van der Waals surface area contributed by atoms with Crippen LogP contribution in [0.1, 0.15) is 64.1 Å². The van der Waals surface area contributed by atoms with Gasteiger partial charge in [-0.1, -0.05) is 39.0 Å². The van der Waals surface area contributed by atoms with E-state index in [0.717, 1.165) is 6.54 Å². The standard InChI is InChI=1S/C14H26N2/c1-3-4-5-6-7-8-11-16-12-9-10-14(16)13(2)15/h9-10,12-13H,3-8,11,15H2,1-2H3. The number of hydrogen-bond acceptors (Lipinski definition) is 1. The van der Waals surface area contributed by atoms with E-state index in [4.69, 9.17) is 5.73 Å². The van der Waals surface area contributed by atoms with Crippen molar-refractivity contribution in [3.05, 3.63) is 24.0 Å². The Balaban J connectivity index is 2.19. The average Bonchev–Trinajstić information content (AvgIpc) is 2.71. The highest BCUT2D eigenvalue weighted by atomic mass is 15.0. The number of nitrogens with zero attached hydrogens (tertiary/aromatic N) is 1. The molecule has 0 radical (unpaired) electrons. The Bertz CT molecular complexity index is 276. The highest BCUT2D eigenvalue weighted by Gasteiger charge is 2.04. The summed E-state index contributed by atoms with van der Waals surface area (Å²) in [7, 11) is 0. The molecule has 0 aliphatic heterocycles. The zero-order valence-corrected chi connectivity index (χ0v) is 10.8. The first-order chi connectivity index (χ1) is 7.75. The van der Waals surface area contributed by atoms with Crippen LogP contribution in [0, 0.1) is 0 Å². The van der Waals surface area contributed by atoms with Crippen LogP contribution < -0.4 is 5.73 Å². The van der Waals surface area contributed by atoms with Gasteiger partial charge in [0.2, 0.25) is 0 Å². The number of aromatic nitrogens is 1. The molecule has 1 aromatic heterocycles. The van der Waals surface area contributed by atoms with Gasteiger partial charge in [-0.15, -0.1) is 0 Å². The normalized spacial score (nSPS) is 12.9. The predicted molar refractivity (Wildman–Crippen MR) is 70.4 cm³/mol. The Morgan fingerprint density at radius 2 is 1.88 bits per heavy atom. The minimum atomic E-state index is 0.148. The zero-order chi connectivity index (χ0) is 11.8. The molecule has 2 N–H and O–H groups in total. The van der Waals surface area contributed by atoms with Crippen molar-refractivity contribution in [2.45, 2.75) is 65.0 Å². The molecule has 1 aromatic rings. The first kappa shape index (κ1) is 13.3. The summed E-state index contributed by atoms with van der Waals surface area (Å²) in [6.45, 7) is 5.43. The highest BCUT2D eigenvalue weighted by molar-refractivity contribution is 5.10. The Morgan fingerprint density at radius 1 is 1.19 bits per heavy atom. The van der Waals surface area contributed by atoms with Crippen molar-refractivity contribution in [1.29, 1.82) is 0 Å². The third-order valence-electron chi connectivity index (χ3n) is 3.08. The number of nitrogens with two attached hydrogens (primary N) is 1. The second-order valence-electron chi connectivity index (χ2n) is 4.68. The number of unbranched alkanes of at least 4 members (excludes halogenated alkanes) is 5. The molecule has 1 heterocycles. The van der Waals surface area contributed by atoms with Crippen molar-refractivity contribution in [2.75, 3.05) is 0 Å². The van der Waals surface area contributed by atoms with Crippen LogP contribution in [0.5, 0.6) is 0 Å². The summed E-state index contributed by atoms with van der Waals surface area (Å²) >= 11 is 0. The second-order valence-corrected chi connectivity index (χ2v) is 4.68. The van der Waals surface area contributed by atoms with E-state index in [0.29, 0.717) is 0 Å². The van der Waals surface area contributed by atoms with Crippen LogP contribution in [0.25, 0.3) is 0 Å². The van der Waals surface area contributed by atoms with Gasteiger partial charge in [0.25, 0.3) is 0 Å². The lowest BCUT2D eigenvalue weighted by Crippen LogP contribution is -2.11. The summed E-state index contributed by atoms with van der Waals surface area (Å²) in [4.78, 5) is 0. The van der Waals surface area contributed by atoms with Crippen molar-refractivity contribution in [2.24, 2.45) is 5.73 Å². The quantitative estimate of drug-likeness (QED) is 0.665. The molecule has 0 aromatic carbocycles. The molecule has 0 bridgehead atoms. The van der Waals surface area contributed by atoms with Crippen LogP contribution in [0.2, 0.25) is 0 Å². The number of rotatable bonds is 8. The van der Waals surface area contributed by atoms with E-state index in [1.54, 1.807) is 0 Å². The topological polar surface area (TPSA) is 30.9 Å². The largest absolute Gasteiger partial charge is 0.350 e. The van der Waals surface area contributed by atoms with Gasteiger partial charge in [0.1, 0.15) is 0 Å². The fraction of sp³-hybridized carbons (Fsp3) is 0.714. The van der Waals surface area contributed by atoms with Gasteiger partial charge in [-0.3, -0.25) is 0 Å². The molecule has 16 heavy (non-hydrogen) atoms. The summed E-state index contributed by atoms with van der Waals surface area (Å²) in [5, 5.41) is 0. The van der Waals surface area contributed by atoms with E-state index in [9.17, 15) is 0 Å². The monoisotopic (exact) mass is 222 g/mol. The maximum atomic E-state index is 5.91. The highest BCUT2D eigenvalue weighted by Crippen LogP contribution is 2.13. The van der Waals surface area contributed by atoms with E-state index in [1.165, 1.54) is 44.2 Å². The molecule has 0 amide bonds. The summed E-state index contributed by atoms with van der Waals surface area (Å²) < 4.78 is 2.30. The molecule has 2 nitrogen and oxygen atoms in total. The maximum Gasteiger partial charge on any atom is 0.0421 e. The molecular formula is C14H26N2. The third-order valence-corrected chi connectivity index (χ3v) is 3.08. The van der Waals surface area contributed by atoms with Crippen molar-refractivity contribution >= 4 is 0 Å². The van der Waals surface area contributed by atoms with Gasteiger partial charge in [0.15, 0.2) is 0 Å². The Kier molecular flexibility index (Phi) is 6.24. The second kappa shape index (κ2) is 7.50. The van der Waals surface area contributed by atoms with Gasteiger partial charge in [-0.25, -0.2) is 0 Å². The lowest BCUT2D eigenvalue weighted by atomic mass is 10.1. The molecule has 0 fully saturated rings. The zero-order valence-electron chi connectivity index (χ0n) is 10.8. The Labute approximate surface area is 99.8 Å². The molecule has 92 valence electrons. The summed E-state index contributed by atoms with van der Waals surface area (Å²) in [5.41, 5.74) is 7.17. The minimum Gasteiger partial charge on any atom is -0.350 e. The Hall–Kier alpha value is -0.760. The van der Waals surface area contributed by atoms with Crippen molar-refractivity contribution < 1.29 is 0 Å². The first-order valence-electron chi connectivity index (χ1n) is 6.66. The van der Waals surface area contributed by atoms with E-state index >= 15 is 0 Å². The van der Waals surface area contributed by atoms with Gasteiger partial charge in [-0.2, -0.15) is 0 Å². The SMILES string of the molecule is CCCCCCCCn1cccc1C(C)N. The summed E-state index contributed by atoms with van der Waals surface area (Å²) in [6, 6.07) is 4.37. The van der Waals surface area contributed by atoms with Gasteiger partial charge in [0, 0.05) is 24.5 Å². The minimum absolute atomic E-state index is 0.148. The fourth-order valence-electron chi connectivity index (χ4n) is 2.11. The summed E-state index contributed by atoms with van der Waals surface area (Å²) in [5.74, 6) is 0. The van der Waals surface area contributed by atoms with Crippen LogP contribution >= 0.6 is 0 Å². The molecule has 1 rings (SSSR count). The Morgan fingerprint density at radius 3 is 2.56 bits per heavy atom. The van der Waals surface area contributed by atoms with E-state index in [1.807, 2.05) is 6.92 Å².